The van der Waals surface area contributed by atoms with E-state index >= 15 is 0 Å². The number of sulfonamides is 1. The van der Waals surface area contributed by atoms with Gasteiger partial charge in [0.25, 0.3) is 10.0 Å². The molecule has 0 N–H and O–H groups in total. The van der Waals surface area contributed by atoms with Gasteiger partial charge < -0.3 is 0 Å². The summed E-state index contributed by atoms with van der Waals surface area (Å²) in [6.07, 6.45) is 5.84. The van der Waals surface area contributed by atoms with Crippen LogP contribution in [0.25, 0.3) is 0 Å². The van der Waals surface area contributed by atoms with Crippen LogP contribution in [0.4, 0.5) is 0 Å². The third kappa shape index (κ3) is 2.80. The van der Waals surface area contributed by atoms with E-state index in [4.69, 9.17) is 0 Å². The largest absolute Gasteiger partial charge is 0.275 e. The summed E-state index contributed by atoms with van der Waals surface area (Å²) in [5.74, 6) is 0. The molecule has 5 heteroatoms. The van der Waals surface area contributed by atoms with Gasteiger partial charge in [0, 0.05) is 6.21 Å². The first-order chi connectivity index (χ1) is 4.21. The van der Waals surface area contributed by atoms with Gasteiger partial charge in [0.2, 0.25) is 0 Å². The van der Waals surface area contributed by atoms with Crippen LogP contribution in [0, 0.1) is 0 Å². The van der Waals surface area contributed by atoms with Gasteiger partial charge in [-0.05, 0) is 12.2 Å². The molecular formula is C5H6ClNO2S. The minimum Gasteiger partial charge on any atom is -0.200 e. The molecule has 56 valence electrons. The Kier molecular flexibility index (Phi) is 3.32. The van der Waals surface area contributed by atoms with Crippen molar-refractivity contribution in [3.63, 3.8) is 0 Å². The van der Waals surface area contributed by atoms with Gasteiger partial charge in [0.1, 0.15) is 0 Å². The molecule has 0 amide bonds. The van der Waals surface area contributed by atoms with Crippen molar-refractivity contribution < 1.29 is 8.42 Å². The molecule has 0 aromatic rings. The Morgan fingerprint density at radius 1 is 1.10 bits per heavy atom. The van der Waals surface area contributed by atoms with Gasteiger partial charge in [-0.25, -0.2) is 0 Å². The van der Waals surface area contributed by atoms with Gasteiger partial charge in [-0.3, -0.25) is 0 Å². The fourth-order valence-corrected chi connectivity index (χ4v) is 1.01. The van der Waals surface area contributed by atoms with Crippen molar-refractivity contribution in [2.75, 3.05) is 0 Å². The number of allylic oxidation sites excluding steroid dienone is 3. The highest BCUT2D eigenvalue weighted by Gasteiger charge is 1.98. The zero-order valence-electron chi connectivity index (χ0n) is 4.97. The van der Waals surface area contributed by atoms with Crippen molar-refractivity contribution in [1.29, 1.82) is 0 Å². The average molecular weight is 180 g/mol. The normalized spacial score (nSPS) is 19.6. The first-order valence-corrected chi connectivity index (χ1v) is 3.85. The van der Waals surface area contributed by atoms with Crippen LogP contribution in [-0.2, 0) is 10.0 Å². The summed E-state index contributed by atoms with van der Waals surface area (Å²) in [6, 6.07) is 0. The lowest BCUT2D eigenvalue weighted by Crippen LogP contribution is -1.86. The standard InChI is InChI=1S/C5H5NO2S.ClH/c7-9(8)5-3-1-2-4-6-9;/h1-5H;1H. The molecule has 0 aliphatic carbocycles. The van der Waals surface area contributed by atoms with Crippen LogP contribution >= 0.6 is 12.4 Å². The smallest absolute Gasteiger partial charge is 0.200 e. The van der Waals surface area contributed by atoms with Crippen molar-refractivity contribution >= 4 is 28.6 Å². The summed E-state index contributed by atoms with van der Waals surface area (Å²) in [7, 11) is -3.29. The minimum absolute atomic E-state index is 0. The molecule has 0 saturated carbocycles. The fraction of sp³-hybridized carbons (Fsp3) is 0. The van der Waals surface area contributed by atoms with Crippen molar-refractivity contribution in [2.24, 2.45) is 4.40 Å². The summed E-state index contributed by atoms with van der Waals surface area (Å²) in [5, 5.41) is 1.05. The molecule has 0 aromatic heterocycles. The van der Waals surface area contributed by atoms with Crippen molar-refractivity contribution in [1.82, 2.24) is 0 Å². The lowest BCUT2D eigenvalue weighted by Gasteiger charge is -1.80. The van der Waals surface area contributed by atoms with Gasteiger partial charge in [-0.15, -0.1) is 12.4 Å². The molecule has 1 rings (SSSR count). The second-order valence-corrected chi connectivity index (χ2v) is 3.00. The van der Waals surface area contributed by atoms with Crippen LogP contribution in [0.3, 0.4) is 0 Å². The quantitative estimate of drug-likeness (QED) is 0.555. The maximum atomic E-state index is 10.5. The summed E-state index contributed by atoms with van der Waals surface area (Å²) >= 11 is 0. The zero-order chi connectivity index (χ0) is 6.74. The molecule has 0 fully saturated rings. The molecule has 0 atom stereocenters. The third-order valence-corrected chi connectivity index (χ3v) is 1.68. The predicted octanol–water partition coefficient (Wildman–Crippen LogP) is 0.892. The highest BCUT2D eigenvalue weighted by molar-refractivity contribution is 7.93. The molecular weight excluding hydrogens is 174 g/mol. The summed E-state index contributed by atoms with van der Waals surface area (Å²) < 4.78 is 24.3. The van der Waals surface area contributed by atoms with Crippen molar-refractivity contribution in [2.45, 2.75) is 0 Å². The van der Waals surface area contributed by atoms with Crippen LogP contribution in [0.15, 0.2) is 28.0 Å². The van der Waals surface area contributed by atoms with E-state index in [2.05, 4.69) is 4.40 Å². The molecule has 1 heterocycles. The molecule has 0 spiro atoms. The fourth-order valence-electron chi connectivity index (χ4n) is 0.414. The Morgan fingerprint density at radius 2 is 1.80 bits per heavy atom. The van der Waals surface area contributed by atoms with Crippen molar-refractivity contribution in [3.05, 3.63) is 23.6 Å². The number of halogens is 1. The summed E-state index contributed by atoms with van der Waals surface area (Å²) in [4.78, 5) is 0. The van der Waals surface area contributed by atoms with Crippen LogP contribution in [-0.4, -0.2) is 14.6 Å². The average Bonchev–Trinajstić information content (AvgIpc) is 1.92. The molecule has 1 aliphatic heterocycles. The van der Waals surface area contributed by atoms with Gasteiger partial charge >= 0.3 is 0 Å². The maximum absolute atomic E-state index is 10.5. The molecule has 3 nitrogen and oxygen atoms in total. The van der Waals surface area contributed by atoms with Gasteiger partial charge in [-0.2, -0.15) is 12.8 Å². The lowest BCUT2D eigenvalue weighted by molar-refractivity contribution is 0.606. The third-order valence-electron chi connectivity index (χ3n) is 0.767. The molecule has 0 aromatic carbocycles. The van der Waals surface area contributed by atoms with Gasteiger partial charge in [-0.1, -0.05) is 6.08 Å². The molecule has 0 unspecified atom stereocenters. The van der Waals surface area contributed by atoms with Crippen LogP contribution in [0.5, 0.6) is 0 Å². The summed E-state index contributed by atoms with van der Waals surface area (Å²) in [5.41, 5.74) is 0. The second kappa shape index (κ2) is 3.53. The Hall–Kier alpha value is -0.610. The highest BCUT2D eigenvalue weighted by atomic mass is 35.5. The molecule has 0 saturated heterocycles. The number of rotatable bonds is 0. The Bertz CT molecular complexity index is 254. The SMILES string of the molecule is Cl.O=S1(=O)C=CC=CC=N1. The molecule has 10 heavy (non-hydrogen) atoms. The number of nitrogens with zero attached hydrogens (tertiary/aromatic N) is 1. The Balaban J connectivity index is 0.000000810. The zero-order valence-corrected chi connectivity index (χ0v) is 6.60. The monoisotopic (exact) mass is 179 g/mol. The molecule has 1 aliphatic rings. The van der Waals surface area contributed by atoms with Gasteiger partial charge in [0.15, 0.2) is 0 Å². The van der Waals surface area contributed by atoms with Gasteiger partial charge in [0.05, 0.1) is 5.41 Å². The Morgan fingerprint density at radius 3 is 2.50 bits per heavy atom. The van der Waals surface area contributed by atoms with E-state index in [9.17, 15) is 8.42 Å². The van der Waals surface area contributed by atoms with E-state index in [1.807, 2.05) is 0 Å². The topological polar surface area (TPSA) is 46.5 Å². The lowest BCUT2D eigenvalue weighted by atomic mass is 10.5. The number of hydrogen-bond donors (Lipinski definition) is 0. The first kappa shape index (κ1) is 9.39. The van der Waals surface area contributed by atoms with Crippen molar-refractivity contribution in [3.8, 4) is 0 Å². The van der Waals surface area contributed by atoms with Crippen LogP contribution < -0.4 is 0 Å². The maximum Gasteiger partial charge on any atom is 0.275 e. The molecule has 0 radical (unpaired) electrons. The van der Waals surface area contributed by atoms with E-state index in [0.717, 1.165) is 5.41 Å². The highest BCUT2D eigenvalue weighted by Crippen LogP contribution is 1.96. The van der Waals surface area contributed by atoms with E-state index in [1.165, 1.54) is 12.3 Å². The van der Waals surface area contributed by atoms with Crippen LogP contribution in [0.1, 0.15) is 0 Å². The minimum atomic E-state index is -3.29. The van der Waals surface area contributed by atoms with E-state index in [1.54, 1.807) is 12.2 Å². The van der Waals surface area contributed by atoms with E-state index in [0.29, 0.717) is 0 Å². The predicted molar refractivity (Wildman–Crippen MR) is 42.9 cm³/mol. The first-order valence-electron chi connectivity index (χ1n) is 2.34. The summed E-state index contributed by atoms with van der Waals surface area (Å²) in [6.45, 7) is 0. The van der Waals surface area contributed by atoms with E-state index in [-0.39, 0.29) is 12.4 Å². The van der Waals surface area contributed by atoms with E-state index < -0.39 is 10.0 Å². The Labute approximate surface area is 65.6 Å². The number of hydrogen-bond acceptors (Lipinski definition) is 2. The molecule has 0 bridgehead atoms. The van der Waals surface area contributed by atoms with Crippen LogP contribution in [0.2, 0.25) is 0 Å². The second-order valence-electron chi connectivity index (χ2n) is 1.48.